The summed E-state index contributed by atoms with van der Waals surface area (Å²) in [6, 6.07) is 5.23. The Bertz CT molecular complexity index is 516. The molecular formula is C12H18N6O3. The Labute approximate surface area is 121 Å². The Kier molecular flexibility index (Phi) is 6.11. The lowest BCUT2D eigenvalue weighted by Gasteiger charge is -2.16. The van der Waals surface area contributed by atoms with Gasteiger partial charge in [0.15, 0.2) is 0 Å². The topological polar surface area (TPSA) is 165 Å². The van der Waals surface area contributed by atoms with Gasteiger partial charge in [-0.1, -0.05) is 0 Å². The molecule has 1 rings (SSSR count). The van der Waals surface area contributed by atoms with Crippen molar-refractivity contribution in [1.82, 2.24) is 16.2 Å². The number of amides is 3. The molecule has 0 saturated carbocycles. The van der Waals surface area contributed by atoms with E-state index in [2.05, 4.69) is 5.32 Å². The average Bonchev–Trinajstić information content (AvgIpc) is 2.50. The van der Waals surface area contributed by atoms with Crippen LogP contribution in [0.15, 0.2) is 24.3 Å². The monoisotopic (exact) mass is 294 g/mol. The van der Waals surface area contributed by atoms with Crippen molar-refractivity contribution in [3.63, 3.8) is 0 Å². The van der Waals surface area contributed by atoms with Crippen molar-refractivity contribution in [2.75, 3.05) is 5.73 Å². The third-order valence-electron chi connectivity index (χ3n) is 2.76. The zero-order chi connectivity index (χ0) is 15.8. The lowest BCUT2D eigenvalue weighted by Crippen LogP contribution is -2.49. The summed E-state index contributed by atoms with van der Waals surface area (Å²) in [5.41, 5.74) is 10.3. The third-order valence-corrected chi connectivity index (χ3v) is 2.76. The lowest BCUT2D eigenvalue weighted by atomic mass is 10.1. The van der Waals surface area contributed by atoms with Gasteiger partial charge in [0.25, 0.3) is 11.8 Å². The molecule has 9 N–H and O–H groups in total. The van der Waals surface area contributed by atoms with Crippen molar-refractivity contribution < 1.29 is 14.4 Å². The van der Waals surface area contributed by atoms with Gasteiger partial charge in [-0.2, -0.15) is 0 Å². The summed E-state index contributed by atoms with van der Waals surface area (Å²) >= 11 is 0. The number of nitrogens with one attached hydrogen (secondary N) is 3. The minimum atomic E-state index is -0.947. The molecule has 0 aliphatic heterocycles. The smallest absolute Gasteiger partial charge is 0.256 e. The minimum absolute atomic E-state index is 0.0311. The number of nitrogens with two attached hydrogens (primary N) is 3. The van der Waals surface area contributed by atoms with E-state index in [1.54, 1.807) is 12.1 Å². The maximum Gasteiger partial charge on any atom is 0.256 e. The first-order chi connectivity index (χ1) is 9.97. The lowest BCUT2D eigenvalue weighted by molar-refractivity contribution is -0.124. The van der Waals surface area contributed by atoms with Crippen molar-refractivity contribution >= 4 is 23.4 Å². The fraction of sp³-hybridized carbons (Fsp3) is 0.250. The summed E-state index contributed by atoms with van der Waals surface area (Å²) in [6.45, 7) is 0. The second-order valence-corrected chi connectivity index (χ2v) is 4.26. The fourth-order valence-corrected chi connectivity index (χ4v) is 1.59. The van der Waals surface area contributed by atoms with Gasteiger partial charge in [-0.3, -0.25) is 25.2 Å². The molecule has 0 radical (unpaired) electrons. The number of anilines is 1. The number of nitrogen functional groups attached to an aromatic ring is 1. The summed E-state index contributed by atoms with van der Waals surface area (Å²) < 4.78 is 0. The molecule has 0 heterocycles. The van der Waals surface area contributed by atoms with Crippen LogP contribution in [0.2, 0.25) is 0 Å². The van der Waals surface area contributed by atoms with E-state index in [-0.39, 0.29) is 12.8 Å². The van der Waals surface area contributed by atoms with Crippen molar-refractivity contribution in [2.24, 2.45) is 11.7 Å². The van der Waals surface area contributed by atoms with Crippen molar-refractivity contribution in [3.05, 3.63) is 29.8 Å². The first kappa shape index (κ1) is 16.4. The maximum absolute atomic E-state index is 12.0. The van der Waals surface area contributed by atoms with Crippen LogP contribution in [0.4, 0.5) is 5.69 Å². The highest BCUT2D eigenvalue weighted by Crippen LogP contribution is 2.06. The van der Waals surface area contributed by atoms with Crippen LogP contribution < -0.4 is 33.6 Å². The summed E-state index contributed by atoms with van der Waals surface area (Å²) in [5.74, 6) is 8.47. The molecule has 0 aromatic heterocycles. The number of hydrazine groups is 2. The molecule has 3 amide bonds. The van der Waals surface area contributed by atoms with Crippen LogP contribution in [0.5, 0.6) is 0 Å². The molecule has 1 unspecified atom stereocenters. The molecular weight excluding hydrogens is 276 g/mol. The van der Waals surface area contributed by atoms with E-state index in [4.69, 9.17) is 17.4 Å². The first-order valence-corrected chi connectivity index (χ1v) is 6.14. The quantitative estimate of drug-likeness (QED) is 0.155. The highest BCUT2D eigenvalue weighted by atomic mass is 16.2. The molecule has 0 aliphatic carbocycles. The summed E-state index contributed by atoms with van der Waals surface area (Å²) in [4.78, 5) is 34.7. The van der Waals surface area contributed by atoms with Gasteiger partial charge in [-0.25, -0.2) is 11.7 Å². The molecule has 114 valence electrons. The molecule has 1 aromatic carbocycles. The summed E-state index contributed by atoms with van der Waals surface area (Å²) in [7, 11) is 0. The zero-order valence-corrected chi connectivity index (χ0v) is 11.3. The van der Waals surface area contributed by atoms with E-state index in [1.807, 2.05) is 10.9 Å². The van der Waals surface area contributed by atoms with Crippen molar-refractivity contribution in [1.29, 1.82) is 0 Å². The standard InChI is InChI=1S/C12H18N6O3/c13-8-3-1-7(2-4-8)11(20)16-9(12(21)18-15)5-6-10(19)17-14/h1-4,9H,5-6,13-15H2,(H,16,20)(H,17,19)(H,18,21). The van der Waals surface area contributed by atoms with Gasteiger partial charge in [-0.05, 0) is 30.7 Å². The van der Waals surface area contributed by atoms with Crippen LogP contribution in [0.25, 0.3) is 0 Å². The number of carbonyl (C=O) groups excluding carboxylic acids is 3. The van der Waals surface area contributed by atoms with Crippen LogP contribution in [0.3, 0.4) is 0 Å². The predicted octanol–water partition coefficient (Wildman–Crippen LogP) is -1.87. The molecule has 21 heavy (non-hydrogen) atoms. The Balaban J connectivity index is 2.71. The van der Waals surface area contributed by atoms with Crippen LogP contribution in [-0.4, -0.2) is 23.8 Å². The third kappa shape index (κ3) is 5.09. The fourth-order valence-electron chi connectivity index (χ4n) is 1.59. The molecule has 0 bridgehead atoms. The Hall–Kier alpha value is -2.65. The molecule has 0 fully saturated rings. The molecule has 0 spiro atoms. The molecule has 0 aliphatic rings. The van der Waals surface area contributed by atoms with Crippen molar-refractivity contribution in [2.45, 2.75) is 18.9 Å². The highest BCUT2D eigenvalue weighted by molar-refractivity contribution is 5.97. The second kappa shape index (κ2) is 7.82. The Morgan fingerprint density at radius 3 is 2.19 bits per heavy atom. The largest absolute Gasteiger partial charge is 0.399 e. The van der Waals surface area contributed by atoms with Gasteiger partial charge in [0, 0.05) is 17.7 Å². The minimum Gasteiger partial charge on any atom is -0.399 e. The summed E-state index contributed by atoms with van der Waals surface area (Å²) in [6.07, 6.45) is 0.0311. The van der Waals surface area contributed by atoms with E-state index in [0.29, 0.717) is 11.3 Å². The number of carbonyl (C=O) groups is 3. The molecule has 9 nitrogen and oxygen atoms in total. The van der Waals surface area contributed by atoms with Gasteiger partial charge in [0.05, 0.1) is 0 Å². The molecule has 0 saturated heterocycles. The van der Waals surface area contributed by atoms with Gasteiger partial charge in [0.2, 0.25) is 5.91 Å². The van der Waals surface area contributed by atoms with Crippen LogP contribution in [-0.2, 0) is 9.59 Å². The number of benzene rings is 1. The van der Waals surface area contributed by atoms with Gasteiger partial charge in [0.1, 0.15) is 6.04 Å². The second-order valence-electron chi connectivity index (χ2n) is 4.26. The normalized spacial score (nSPS) is 11.3. The van der Waals surface area contributed by atoms with E-state index < -0.39 is 23.8 Å². The summed E-state index contributed by atoms with van der Waals surface area (Å²) in [5, 5.41) is 2.49. The molecule has 9 heteroatoms. The van der Waals surface area contributed by atoms with Crippen molar-refractivity contribution in [3.8, 4) is 0 Å². The van der Waals surface area contributed by atoms with E-state index in [0.717, 1.165) is 0 Å². The molecule has 1 atom stereocenters. The average molecular weight is 294 g/mol. The van der Waals surface area contributed by atoms with E-state index >= 15 is 0 Å². The van der Waals surface area contributed by atoms with Gasteiger partial charge < -0.3 is 11.1 Å². The first-order valence-electron chi connectivity index (χ1n) is 6.14. The number of hydrogen-bond donors (Lipinski definition) is 6. The van der Waals surface area contributed by atoms with Gasteiger partial charge in [-0.15, -0.1) is 0 Å². The number of hydrogen-bond acceptors (Lipinski definition) is 6. The predicted molar refractivity (Wildman–Crippen MR) is 76.0 cm³/mol. The van der Waals surface area contributed by atoms with E-state index in [9.17, 15) is 14.4 Å². The van der Waals surface area contributed by atoms with Gasteiger partial charge >= 0.3 is 0 Å². The zero-order valence-electron chi connectivity index (χ0n) is 11.3. The van der Waals surface area contributed by atoms with Crippen LogP contribution in [0.1, 0.15) is 23.2 Å². The Morgan fingerprint density at radius 2 is 1.67 bits per heavy atom. The van der Waals surface area contributed by atoms with Crippen LogP contribution >= 0.6 is 0 Å². The SMILES string of the molecule is NNC(=O)CCC(NC(=O)c1ccc(N)cc1)C(=O)NN. The number of rotatable bonds is 6. The highest BCUT2D eigenvalue weighted by Gasteiger charge is 2.21. The van der Waals surface area contributed by atoms with Crippen LogP contribution in [0, 0.1) is 0 Å². The Morgan fingerprint density at radius 1 is 1.05 bits per heavy atom. The maximum atomic E-state index is 12.0. The molecule has 1 aromatic rings. The van der Waals surface area contributed by atoms with E-state index in [1.165, 1.54) is 12.1 Å².